The summed E-state index contributed by atoms with van der Waals surface area (Å²) in [6, 6.07) is 11.6. The first-order valence-electron chi connectivity index (χ1n) is 8.66. The van der Waals surface area contributed by atoms with Crippen molar-refractivity contribution in [1.29, 1.82) is 0 Å². The van der Waals surface area contributed by atoms with Gasteiger partial charge in [-0.15, -0.1) is 0 Å². The van der Waals surface area contributed by atoms with Crippen molar-refractivity contribution in [1.82, 2.24) is 0 Å². The number of aliphatic hydroxyl groups is 1. The van der Waals surface area contributed by atoms with E-state index in [1.807, 2.05) is 36.4 Å². The summed E-state index contributed by atoms with van der Waals surface area (Å²) in [4.78, 5) is 12.9. The van der Waals surface area contributed by atoms with Crippen molar-refractivity contribution in [3.8, 4) is 0 Å². The van der Waals surface area contributed by atoms with Crippen molar-refractivity contribution in [2.45, 2.75) is 46.0 Å². The van der Waals surface area contributed by atoms with Crippen LogP contribution >= 0.6 is 0 Å². The Hall–Kier alpha value is -2.09. The second kappa shape index (κ2) is 6.57. The second-order valence-electron chi connectivity index (χ2n) is 6.49. The van der Waals surface area contributed by atoms with Gasteiger partial charge in [-0.2, -0.15) is 0 Å². The topological polar surface area (TPSA) is 37.3 Å². The van der Waals surface area contributed by atoms with E-state index < -0.39 is 0 Å². The Bertz CT molecular complexity index is 765. The Kier molecular flexibility index (Phi) is 4.51. The molecule has 0 radical (unpaired) electrons. The summed E-state index contributed by atoms with van der Waals surface area (Å²) in [7, 11) is 0. The van der Waals surface area contributed by atoms with Gasteiger partial charge in [-0.3, -0.25) is 4.79 Å². The number of carbonyl (C=O) groups excluding carboxylic acids is 1. The summed E-state index contributed by atoms with van der Waals surface area (Å²) >= 11 is 0. The van der Waals surface area contributed by atoms with Crippen LogP contribution in [0.2, 0.25) is 0 Å². The van der Waals surface area contributed by atoms with Gasteiger partial charge in [-0.05, 0) is 17.7 Å². The van der Waals surface area contributed by atoms with E-state index in [1.54, 1.807) is 0 Å². The largest absolute Gasteiger partial charge is 0.507 e. The van der Waals surface area contributed by atoms with Crippen molar-refractivity contribution in [2.24, 2.45) is 5.92 Å². The van der Waals surface area contributed by atoms with Crippen molar-refractivity contribution >= 4 is 22.3 Å². The predicted molar refractivity (Wildman–Crippen MR) is 95.8 cm³/mol. The van der Waals surface area contributed by atoms with E-state index in [0.717, 1.165) is 41.2 Å². The van der Waals surface area contributed by atoms with Gasteiger partial charge >= 0.3 is 0 Å². The first-order valence-corrected chi connectivity index (χ1v) is 8.66. The summed E-state index contributed by atoms with van der Waals surface area (Å²) in [5.74, 6) is 0.650. The van der Waals surface area contributed by atoms with Crippen LogP contribution in [0.1, 0.15) is 61.9 Å². The van der Waals surface area contributed by atoms with Gasteiger partial charge in [0, 0.05) is 22.1 Å². The van der Waals surface area contributed by atoms with Crippen LogP contribution in [0.25, 0.3) is 16.5 Å². The second-order valence-corrected chi connectivity index (χ2v) is 6.49. The van der Waals surface area contributed by atoms with Crippen LogP contribution in [0.3, 0.4) is 0 Å². The maximum Gasteiger partial charge on any atom is 0.193 e. The minimum atomic E-state index is 0.00162. The number of ketones is 1. The van der Waals surface area contributed by atoms with Crippen LogP contribution < -0.4 is 0 Å². The Morgan fingerprint density at radius 3 is 2.39 bits per heavy atom. The van der Waals surface area contributed by atoms with E-state index in [0.29, 0.717) is 17.9 Å². The Morgan fingerprint density at radius 1 is 1.04 bits per heavy atom. The minimum Gasteiger partial charge on any atom is -0.507 e. The molecule has 0 bridgehead atoms. The van der Waals surface area contributed by atoms with Crippen molar-refractivity contribution in [2.75, 3.05) is 0 Å². The third-order valence-electron chi connectivity index (χ3n) is 5.00. The lowest BCUT2D eigenvalue weighted by Gasteiger charge is -2.22. The first kappa shape index (κ1) is 15.8. The first-order chi connectivity index (χ1) is 11.2. The van der Waals surface area contributed by atoms with E-state index >= 15 is 0 Å². The van der Waals surface area contributed by atoms with Gasteiger partial charge in [0.25, 0.3) is 0 Å². The zero-order chi connectivity index (χ0) is 16.4. The highest BCUT2D eigenvalue weighted by Crippen LogP contribution is 2.38. The lowest BCUT2D eigenvalue weighted by Crippen LogP contribution is -2.16. The number of carbonyl (C=O) groups is 1. The third-order valence-corrected chi connectivity index (χ3v) is 5.00. The molecule has 0 heterocycles. The Labute approximate surface area is 137 Å². The fraction of sp³-hybridized carbons (Fsp3) is 0.381. The molecule has 1 aliphatic carbocycles. The van der Waals surface area contributed by atoms with E-state index in [2.05, 4.69) is 13.8 Å². The Morgan fingerprint density at radius 2 is 1.74 bits per heavy atom. The molecule has 3 rings (SSSR count). The number of rotatable bonds is 6. The fourth-order valence-electron chi connectivity index (χ4n) is 3.58. The number of hydrogen-bond acceptors (Lipinski definition) is 2. The molecule has 0 aliphatic heterocycles. The molecule has 0 saturated carbocycles. The van der Waals surface area contributed by atoms with E-state index in [9.17, 15) is 9.90 Å². The van der Waals surface area contributed by atoms with Gasteiger partial charge in [0.05, 0.1) is 0 Å². The smallest absolute Gasteiger partial charge is 0.193 e. The summed E-state index contributed by atoms with van der Waals surface area (Å²) in [6.45, 7) is 4.35. The zero-order valence-corrected chi connectivity index (χ0v) is 13.9. The molecule has 2 aromatic rings. The maximum atomic E-state index is 12.9. The molecular weight excluding hydrogens is 284 g/mol. The minimum absolute atomic E-state index is 0.00162. The van der Waals surface area contributed by atoms with E-state index in [4.69, 9.17) is 0 Å². The van der Waals surface area contributed by atoms with Crippen molar-refractivity contribution < 1.29 is 9.90 Å². The molecule has 2 aromatic carbocycles. The molecule has 0 fully saturated rings. The summed E-state index contributed by atoms with van der Waals surface area (Å²) in [5, 5.41) is 12.6. The lowest BCUT2D eigenvalue weighted by molar-refractivity contribution is 0.102. The molecule has 23 heavy (non-hydrogen) atoms. The zero-order valence-electron chi connectivity index (χ0n) is 13.9. The number of allylic oxidation sites excluding steroid dienone is 1. The van der Waals surface area contributed by atoms with Crippen LogP contribution in [0.15, 0.2) is 42.0 Å². The molecule has 1 N–H and O–H groups in total. The Balaban J connectivity index is 2.04. The highest BCUT2D eigenvalue weighted by Gasteiger charge is 2.28. The molecule has 0 saturated heterocycles. The van der Waals surface area contributed by atoms with Gasteiger partial charge in [0.2, 0.25) is 0 Å². The molecule has 120 valence electrons. The molecular formula is C21H24O2. The SMILES string of the molecule is CCCCC(CC)CC1=C(O)c2cccc3cccc(c23)C1=O. The molecule has 0 amide bonds. The summed E-state index contributed by atoms with van der Waals surface area (Å²) in [6.07, 6.45) is 5.16. The highest BCUT2D eigenvalue weighted by molar-refractivity contribution is 6.23. The number of aliphatic hydroxyl groups excluding tert-OH is 1. The number of hydrogen-bond donors (Lipinski definition) is 1. The van der Waals surface area contributed by atoms with Crippen molar-refractivity contribution in [3.63, 3.8) is 0 Å². The van der Waals surface area contributed by atoms with E-state index in [1.165, 1.54) is 6.42 Å². The standard InChI is InChI=1S/C21H24O2/c1-3-5-8-14(4-2)13-18-20(22)16-11-6-9-15-10-7-12-17(19(15)16)21(18)23/h6-7,9-12,14,22H,3-5,8,13H2,1-2H3. The van der Waals surface area contributed by atoms with Crippen LogP contribution in [-0.2, 0) is 0 Å². The van der Waals surface area contributed by atoms with Crippen LogP contribution in [0, 0.1) is 5.92 Å². The van der Waals surface area contributed by atoms with Crippen LogP contribution in [-0.4, -0.2) is 10.9 Å². The predicted octanol–water partition coefficient (Wildman–Crippen LogP) is 5.91. The monoisotopic (exact) mass is 308 g/mol. The highest BCUT2D eigenvalue weighted by atomic mass is 16.3. The fourth-order valence-corrected chi connectivity index (χ4v) is 3.58. The molecule has 0 aromatic heterocycles. The summed E-state index contributed by atoms with van der Waals surface area (Å²) < 4.78 is 0. The normalized spacial score (nSPS) is 15.3. The van der Waals surface area contributed by atoms with Gasteiger partial charge in [0.1, 0.15) is 5.76 Å². The molecule has 1 unspecified atom stereocenters. The average molecular weight is 308 g/mol. The molecule has 0 spiro atoms. The lowest BCUT2D eigenvalue weighted by atomic mass is 9.81. The summed E-state index contributed by atoms with van der Waals surface area (Å²) in [5.41, 5.74) is 2.13. The number of Topliss-reactive ketones (excluding diaryl/α,β-unsaturated/α-hetero) is 1. The molecule has 1 atom stereocenters. The van der Waals surface area contributed by atoms with Gasteiger partial charge in [-0.25, -0.2) is 0 Å². The molecule has 2 heteroatoms. The van der Waals surface area contributed by atoms with Gasteiger partial charge < -0.3 is 5.11 Å². The van der Waals surface area contributed by atoms with Gasteiger partial charge in [-0.1, -0.05) is 75.9 Å². The van der Waals surface area contributed by atoms with Crippen LogP contribution in [0.5, 0.6) is 0 Å². The molecule has 2 nitrogen and oxygen atoms in total. The maximum absolute atomic E-state index is 12.9. The number of unbranched alkanes of at least 4 members (excludes halogenated alkanes) is 1. The quantitative estimate of drug-likeness (QED) is 0.720. The van der Waals surface area contributed by atoms with E-state index in [-0.39, 0.29) is 11.5 Å². The number of benzene rings is 2. The third kappa shape index (κ3) is 2.78. The average Bonchev–Trinajstić information content (AvgIpc) is 2.59. The van der Waals surface area contributed by atoms with Crippen molar-refractivity contribution in [3.05, 3.63) is 53.1 Å². The van der Waals surface area contributed by atoms with Gasteiger partial charge in [0.15, 0.2) is 5.78 Å². The van der Waals surface area contributed by atoms with Crippen LogP contribution in [0.4, 0.5) is 0 Å². The molecule has 1 aliphatic rings.